The Bertz CT molecular complexity index is 563. The second-order valence-corrected chi connectivity index (χ2v) is 7.10. The number of hydrogen-bond acceptors (Lipinski definition) is 9. The summed E-state index contributed by atoms with van der Waals surface area (Å²) in [4.78, 5) is 11.4. The van der Waals surface area contributed by atoms with Crippen molar-refractivity contribution in [1.82, 2.24) is 0 Å². The van der Waals surface area contributed by atoms with E-state index in [1.54, 1.807) is 0 Å². The third kappa shape index (κ3) is 3.22. The topological polar surface area (TPSA) is 166 Å². The van der Waals surface area contributed by atoms with Gasteiger partial charge in [0.05, 0.1) is 24.5 Å². The standard InChI is InChI=1S/C16H24O10/c1-5-2-7(18)10-6(14(22)23)4-24-15(9(5)10)26-16-13(21)12(20)11(19)8(3-17)25-16/h4-5,7-13,15-21H,2-3H2,1H3,(H,22,23)/t5-,7+,8+,9+,10-,11+,12-,13+,15+,16-/m0/s1. The van der Waals surface area contributed by atoms with Crippen LogP contribution in [0.15, 0.2) is 11.8 Å². The number of carboxylic acids is 1. The van der Waals surface area contributed by atoms with Crippen molar-refractivity contribution >= 4 is 5.97 Å². The van der Waals surface area contributed by atoms with Crippen molar-refractivity contribution in [2.45, 2.75) is 56.4 Å². The van der Waals surface area contributed by atoms with E-state index >= 15 is 0 Å². The van der Waals surface area contributed by atoms with Crippen LogP contribution in [-0.2, 0) is 19.0 Å². The molecule has 6 N–H and O–H groups in total. The minimum absolute atomic E-state index is 0.0551. The summed E-state index contributed by atoms with van der Waals surface area (Å²) in [5.41, 5.74) is -0.0551. The Morgan fingerprint density at radius 1 is 1.19 bits per heavy atom. The summed E-state index contributed by atoms with van der Waals surface area (Å²) in [6, 6.07) is 0. The normalized spacial score (nSPS) is 48.5. The minimum atomic E-state index is -1.60. The highest BCUT2D eigenvalue weighted by molar-refractivity contribution is 5.87. The first-order valence-electron chi connectivity index (χ1n) is 8.49. The maximum Gasteiger partial charge on any atom is 0.335 e. The molecular weight excluding hydrogens is 352 g/mol. The lowest BCUT2D eigenvalue weighted by molar-refractivity contribution is -0.342. The number of hydrogen-bond donors (Lipinski definition) is 6. The van der Waals surface area contributed by atoms with E-state index in [-0.39, 0.29) is 11.5 Å². The van der Waals surface area contributed by atoms with Gasteiger partial charge in [-0.1, -0.05) is 6.92 Å². The van der Waals surface area contributed by atoms with Gasteiger partial charge in [-0.3, -0.25) is 0 Å². The number of carbonyl (C=O) groups is 1. The fourth-order valence-corrected chi connectivity index (χ4v) is 4.08. The average Bonchev–Trinajstić information content (AvgIpc) is 2.90. The summed E-state index contributed by atoms with van der Waals surface area (Å²) in [7, 11) is 0. The van der Waals surface area contributed by atoms with Crippen LogP contribution in [0.2, 0.25) is 0 Å². The fraction of sp³-hybridized carbons (Fsp3) is 0.812. The summed E-state index contributed by atoms with van der Waals surface area (Å²) in [5.74, 6) is -2.54. The molecule has 0 aromatic rings. The maximum atomic E-state index is 11.4. The molecule has 1 saturated carbocycles. The first-order chi connectivity index (χ1) is 12.3. The predicted molar refractivity (Wildman–Crippen MR) is 82.2 cm³/mol. The van der Waals surface area contributed by atoms with Gasteiger partial charge in [0.2, 0.25) is 6.29 Å². The van der Waals surface area contributed by atoms with Gasteiger partial charge < -0.3 is 44.8 Å². The molecule has 10 atom stereocenters. The van der Waals surface area contributed by atoms with Crippen molar-refractivity contribution in [1.29, 1.82) is 0 Å². The molecule has 0 bridgehead atoms. The smallest absolute Gasteiger partial charge is 0.335 e. The molecule has 0 aromatic heterocycles. The van der Waals surface area contributed by atoms with Crippen LogP contribution in [-0.4, -0.2) is 86.3 Å². The molecule has 0 spiro atoms. The van der Waals surface area contributed by atoms with Gasteiger partial charge in [0.1, 0.15) is 24.4 Å². The van der Waals surface area contributed by atoms with Gasteiger partial charge in [0, 0.05) is 11.8 Å². The van der Waals surface area contributed by atoms with Crippen LogP contribution < -0.4 is 0 Å². The van der Waals surface area contributed by atoms with Crippen LogP contribution in [0.25, 0.3) is 0 Å². The SMILES string of the molecule is C[C@H]1C[C@@H](O)[C@@H]2C(C(=O)O)=CO[C@H](O[C@@H]3O[C@H](CO)[C@@H](O)[C@H](O)[C@H]3O)[C@@H]21. The van der Waals surface area contributed by atoms with Gasteiger partial charge in [0.15, 0.2) is 6.29 Å². The molecule has 0 aromatic carbocycles. The Labute approximate surface area is 149 Å². The van der Waals surface area contributed by atoms with Crippen LogP contribution in [0, 0.1) is 17.8 Å². The molecule has 1 saturated heterocycles. The minimum Gasteiger partial charge on any atom is -0.478 e. The van der Waals surface area contributed by atoms with Gasteiger partial charge >= 0.3 is 5.97 Å². The van der Waals surface area contributed by atoms with Crippen LogP contribution in [0.5, 0.6) is 0 Å². The second kappa shape index (κ2) is 7.39. The number of aliphatic hydroxyl groups excluding tert-OH is 5. The molecule has 10 heteroatoms. The number of carboxylic acid groups (broad SMARTS) is 1. The molecule has 26 heavy (non-hydrogen) atoms. The Morgan fingerprint density at radius 3 is 2.50 bits per heavy atom. The Morgan fingerprint density at radius 2 is 1.88 bits per heavy atom. The van der Waals surface area contributed by atoms with Crippen molar-refractivity contribution in [3.63, 3.8) is 0 Å². The highest BCUT2D eigenvalue weighted by Gasteiger charge is 2.53. The first kappa shape index (κ1) is 19.5. The van der Waals surface area contributed by atoms with Crippen LogP contribution in [0.4, 0.5) is 0 Å². The van der Waals surface area contributed by atoms with E-state index in [9.17, 15) is 35.4 Å². The van der Waals surface area contributed by atoms with Crippen molar-refractivity contribution in [2.24, 2.45) is 17.8 Å². The molecule has 0 radical (unpaired) electrons. The zero-order valence-corrected chi connectivity index (χ0v) is 14.1. The number of aliphatic hydroxyl groups is 5. The molecule has 148 valence electrons. The number of aliphatic carboxylic acids is 1. The van der Waals surface area contributed by atoms with E-state index in [2.05, 4.69) is 0 Å². The van der Waals surface area contributed by atoms with Gasteiger partial charge in [-0.25, -0.2) is 4.79 Å². The van der Waals surface area contributed by atoms with Crippen LogP contribution in [0.1, 0.15) is 13.3 Å². The second-order valence-electron chi connectivity index (χ2n) is 7.10. The van der Waals surface area contributed by atoms with E-state index in [4.69, 9.17) is 14.2 Å². The summed E-state index contributed by atoms with van der Waals surface area (Å²) in [5, 5.41) is 58.6. The quantitative estimate of drug-likeness (QED) is 0.316. The lowest BCUT2D eigenvalue weighted by Crippen LogP contribution is -2.60. The van der Waals surface area contributed by atoms with Gasteiger partial charge in [-0.2, -0.15) is 0 Å². The van der Waals surface area contributed by atoms with E-state index in [0.717, 1.165) is 6.26 Å². The molecule has 10 nitrogen and oxygen atoms in total. The Balaban J connectivity index is 1.80. The molecule has 2 heterocycles. The van der Waals surface area contributed by atoms with E-state index in [1.165, 1.54) is 0 Å². The third-order valence-electron chi connectivity index (χ3n) is 5.47. The molecule has 2 fully saturated rings. The van der Waals surface area contributed by atoms with E-state index in [0.29, 0.717) is 6.42 Å². The summed E-state index contributed by atoms with van der Waals surface area (Å²) in [6.07, 6.45) is -7.77. The summed E-state index contributed by atoms with van der Waals surface area (Å²) < 4.78 is 16.3. The first-order valence-corrected chi connectivity index (χ1v) is 8.49. The van der Waals surface area contributed by atoms with E-state index < -0.39 is 67.5 Å². The van der Waals surface area contributed by atoms with Crippen LogP contribution in [0.3, 0.4) is 0 Å². The van der Waals surface area contributed by atoms with Crippen molar-refractivity contribution in [3.05, 3.63) is 11.8 Å². The zero-order chi connectivity index (χ0) is 19.2. The summed E-state index contributed by atoms with van der Waals surface area (Å²) in [6.45, 7) is 1.23. The lowest BCUT2D eigenvalue weighted by Gasteiger charge is -2.43. The molecule has 2 aliphatic heterocycles. The molecule has 1 aliphatic carbocycles. The number of ether oxygens (including phenoxy) is 3. The van der Waals surface area contributed by atoms with Crippen LogP contribution >= 0.6 is 0 Å². The third-order valence-corrected chi connectivity index (χ3v) is 5.47. The zero-order valence-electron chi connectivity index (χ0n) is 14.1. The number of rotatable bonds is 4. The molecule has 0 amide bonds. The maximum absolute atomic E-state index is 11.4. The lowest BCUT2D eigenvalue weighted by atomic mass is 9.83. The predicted octanol–water partition coefficient (Wildman–Crippen LogP) is -2.24. The van der Waals surface area contributed by atoms with Gasteiger partial charge in [0.25, 0.3) is 0 Å². The fourth-order valence-electron chi connectivity index (χ4n) is 4.08. The highest BCUT2D eigenvalue weighted by atomic mass is 16.8. The van der Waals surface area contributed by atoms with E-state index in [1.807, 2.05) is 6.92 Å². The van der Waals surface area contributed by atoms with Crippen molar-refractivity contribution in [3.8, 4) is 0 Å². The largest absolute Gasteiger partial charge is 0.478 e. The van der Waals surface area contributed by atoms with Gasteiger partial charge in [-0.05, 0) is 12.3 Å². The average molecular weight is 376 g/mol. The summed E-state index contributed by atoms with van der Waals surface area (Å²) >= 11 is 0. The Hall–Kier alpha value is -1.27. The van der Waals surface area contributed by atoms with Gasteiger partial charge in [-0.15, -0.1) is 0 Å². The Kier molecular flexibility index (Phi) is 5.54. The molecule has 3 rings (SSSR count). The van der Waals surface area contributed by atoms with Crippen molar-refractivity contribution < 1.29 is 49.6 Å². The molecular formula is C16H24O10. The van der Waals surface area contributed by atoms with Crippen molar-refractivity contribution in [2.75, 3.05) is 6.61 Å². The highest BCUT2D eigenvalue weighted by Crippen LogP contribution is 2.47. The molecule has 0 unspecified atom stereocenters. The number of fused-ring (bicyclic) bond motifs is 1. The monoisotopic (exact) mass is 376 g/mol. The molecule has 3 aliphatic rings.